The van der Waals surface area contributed by atoms with Gasteiger partial charge in [0.25, 0.3) is 0 Å². The minimum absolute atomic E-state index is 0.802. The second-order valence-corrected chi connectivity index (χ2v) is 2.87. The van der Waals surface area contributed by atoms with E-state index in [1.165, 1.54) is 5.57 Å². The number of aliphatic imine (C=N–C) groups is 1. The van der Waals surface area contributed by atoms with Crippen molar-refractivity contribution < 1.29 is 0 Å². The van der Waals surface area contributed by atoms with Gasteiger partial charge < -0.3 is 4.99 Å². The molecule has 0 N–H and O–H groups in total. The second kappa shape index (κ2) is 6.59. The summed E-state index contributed by atoms with van der Waals surface area (Å²) in [7, 11) is 0. The van der Waals surface area contributed by atoms with E-state index in [0.717, 1.165) is 18.5 Å². The first-order valence-corrected chi connectivity index (χ1v) is 4.09. The molecule has 0 bridgehead atoms. The predicted octanol–water partition coefficient (Wildman–Crippen LogP) is 3.16. The summed E-state index contributed by atoms with van der Waals surface area (Å²) in [4.78, 5) is 3.76. The average molecular weight is 163 g/mol. The second-order valence-electron chi connectivity index (χ2n) is 2.87. The van der Waals surface area contributed by atoms with Gasteiger partial charge in [0.2, 0.25) is 0 Å². The third-order valence-electron chi connectivity index (χ3n) is 1.31. The van der Waals surface area contributed by atoms with Gasteiger partial charge >= 0.3 is 0 Å². The molecule has 0 rings (SSSR count). The Morgan fingerprint density at radius 2 is 2.08 bits per heavy atom. The van der Waals surface area contributed by atoms with Crippen LogP contribution in [0.25, 0.3) is 0 Å². The average Bonchev–Trinajstić information content (AvgIpc) is 1.97. The molecular weight excluding hydrogens is 146 g/mol. The highest BCUT2D eigenvalue weighted by molar-refractivity contribution is 5.26. The summed E-state index contributed by atoms with van der Waals surface area (Å²) in [6.07, 6.45) is 7.20. The van der Waals surface area contributed by atoms with Gasteiger partial charge in [-0.05, 0) is 27.0 Å². The molecule has 66 valence electrons. The van der Waals surface area contributed by atoms with Gasteiger partial charge in [0.05, 0.1) is 0 Å². The molecule has 0 saturated carbocycles. The molecule has 12 heavy (non-hydrogen) atoms. The molecule has 0 aliphatic carbocycles. The number of allylic oxidation sites excluding steroid dienone is 4. The van der Waals surface area contributed by atoms with Crippen LogP contribution in [0.2, 0.25) is 0 Å². The molecule has 0 unspecified atom stereocenters. The molecule has 0 amide bonds. The minimum Gasteiger partial charge on any atom is -0.301 e. The molecule has 0 atom stereocenters. The first kappa shape index (κ1) is 10.9. The maximum absolute atomic E-state index is 3.80. The molecule has 0 fully saturated rings. The zero-order valence-corrected chi connectivity index (χ0v) is 8.01. The number of rotatable bonds is 5. The molecule has 0 saturated heterocycles. The predicted molar refractivity (Wildman–Crippen MR) is 56.7 cm³/mol. The molecule has 0 aliphatic rings. The van der Waals surface area contributed by atoms with E-state index >= 15 is 0 Å². The lowest BCUT2D eigenvalue weighted by Crippen LogP contribution is -1.75. The summed E-state index contributed by atoms with van der Waals surface area (Å²) in [5.41, 5.74) is 2.31. The van der Waals surface area contributed by atoms with Crippen LogP contribution in [0.5, 0.6) is 0 Å². The number of hydrogen-bond acceptors (Lipinski definition) is 1. The van der Waals surface area contributed by atoms with Crippen LogP contribution in [-0.4, -0.2) is 13.3 Å². The van der Waals surface area contributed by atoms with Crippen molar-refractivity contribution in [1.29, 1.82) is 0 Å². The van der Waals surface area contributed by atoms with Crippen LogP contribution < -0.4 is 0 Å². The summed E-state index contributed by atoms with van der Waals surface area (Å²) < 4.78 is 0. The molecule has 0 spiro atoms. The molecule has 0 aliphatic heterocycles. The number of hydrogen-bond donors (Lipinski definition) is 0. The lowest BCUT2D eigenvalue weighted by Gasteiger charge is -1.91. The van der Waals surface area contributed by atoms with Gasteiger partial charge in [-0.15, -0.1) is 0 Å². The fraction of sp³-hybridized carbons (Fsp3) is 0.364. The van der Waals surface area contributed by atoms with Gasteiger partial charge in [-0.25, -0.2) is 0 Å². The summed E-state index contributed by atoms with van der Waals surface area (Å²) in [5.74, 6) is 0. The zero-order chi connectivity index (χ0) is 9.40. The Hall–Kier alpha value is -1.11. The first-order chi connectivity index (χ1) is 5.66. The van der Waals surface area contributed by atoms with Crippen molar-refractivity contribution in [2.45, 2.75) is 20.3 Å². The van der Waals surface area contributed by atoms with Crippen LogP contribution in [-0.2, 0) is 0 Å². The largest absolute Gasteiger partial charge is 0.301 e. The fourth-order valence-electron chi connectivity index (χ4n) is 0.872. The Bertz CT molecular complexity index is 209. The maximum atomic E-state index is 3.80. The highest BCUT2D eigenvalue weighted by Gasteiger charge is 1.81. The maximum Gasteiger partial charge on any atom is 0.0416 e. The topological polar surface area (TPSA) is 12.4 Å². The lowest BCUT2D eigenvalue weighted by atomic mass is 10.2. The van der Waals surface area contributed by atoms with Crippen LogP contribution in [0.15, 0.2) is 40.9 Å². The van der Waals surface area contributed by atoms with Crippen LogP contribution in [0, 0.1) is 0 Å². The van der Waals surface area contributed by atoms with Crippen LogP contribution >= 0.6 is 0 Å². The Kier molecular flexibility index (Phi) is 5.98. The fourth-order valence-corrected chi connectivity index (χ4v) is 0.872. The Morgan fingerprint density at radius 3 is 2.58 bits per heavy atom. The van der Waals surface area contributed by atoms with Crippen molar-refractivity contribution in [1.82, 2.24) is 0 Å². The van der Waals surface area contributed by atoms with E-state index in [9.17, 15) is 0 Å². The van der Waals surface area contributed by atoms with E-state index in [2.05, 4.69) is 43.4 Å². The lowest BCUT2D eigenvalue weighted by molar-refractivity contribution is 1.02. The Morgan fingerprint density at radius 1 is 1.42 bits per heavy atom. The summed E-state index contributed by atoms with van der Waals surface area (Å²) in [5, 5.41) is 0. The molecule has 1 nitrogen and oxygen atoms in total. The van der Waals surface area contributed by atoms with Crippen LogP contribution in [0.1, 0.15) is 20.3 Å². The molecular formula is C11H17N. The zero-order valence-electron chi connectivity index (χ0n) is 8.01. The standard InChI is InChI=1S/C11H17N/c1-10(2)9-11(3)7-5-6-8-12-4/h5,7,9H,1,4,6,8H2,2-3H3/b7-5-,11-9-. The first-order valence-electron chi connectivity index (χ1n) is 4.09. The third-order valence-corrected chi connectivity index (χ3v) is 1.31. The SMILES string of the molecule is C=NCC/C=C\C(C)=C/C(=C)C. The van der Waals surface area contributed by atoms with E-state index in [4.69, 9.17) is 0 Å². The Balaban J connectivity index is 3.82. The highest BCUT2D eigenvalue weighted by atomic mass is 14.7. The summed E-state index contributed by atoms with van der Waals surface area (Å²) in [6.45, 7) is 12.1. The minimum atomic E-state index is 0.802. The van der Waals surface area contributed by atoms with Gasteiger partial charge in [-0.3, -0.25) is 0 Å². The van der Waals surface area contributed by atoms with Crippen molar-refractivity contribution in [3.63, 3.8) is 0 Å². The Labute approximate surface area is 75.2 Å². The quantitative estimate of drug-likeness (QED) is 0.335. The van der Waals surface area contributed by atoms with E-state index in [0.29, 0.717) is 0 Å². The molecule has 1 heteroatoms. The van der Waals surface area contributed by atoms with Crippen LogP contribution in [0.3, 0.4) is 0 Å². The van der Waals surface area contributed by atoms with E-state index < -0.39 is 0 Å². The van der Waals surface area contributed by atoms with Gasteiger partial charge in [0.1, 0.15) is 0 Å². The number of nitrogens with zero attached hydrogens (tertiary/aromatic N) is 1. The van der Waals surface area contributed by atoms with Crippen molar-refractivity contribution in [2.75, 3.05) is 6.54 Å². The summed E-state index contributed by atoms with van der Waals surface area (Å²) >= 11 is 0. The molecule has 0 aromatic rings. The van der Waals surface area contributed by atoms with Gasteiger partial charge in [0, 0.05) is 6.54 Å². The summed E-state index contributed by atoms with van der Waals surface area (Å²) in [6, 6.07) is 0. The van der Waals surface area contributed by atoms with Gasteiger partial charge in [0.15, 0.2) is 0 Å². The molecule has 0 aromatic carbocycles. The van der Waals surface area contributed by atoms with Crippen molar-refractivity contribution in [3.8, 4) is 0 Å². The third kappa shape index (κ3) is 7.00. The van der Waals surface area contributed by atoms with Gasteiger partial charge in [-0.1, -0.05) is 36.0 Å². The van der Waals surface area contributed by atoms with E-state index in [-0.39, 0.29) is 0 Å². The smallest absolute Gasteiger partial charge is 0.0416 e. The van der Waals surface area contributed by atoms with E-state index in [1.807, 2.05) is 6.92 Å². The molecule has 0 aromatic heterocycles. The van der Waals surface area contributed by atoms with Crippen molar-refractivity contribution in [2.24, 2.45) is 4.99 Å². The van der Waals surface area contributed by atoms with E-state index in [1.54, 1.807) is 0 Å². The molecule has 0 heterocycles. The normalized spacial score (nSPS) is 12.0. The monoisotopic (exact) mass is 163 g/mol. The van der Waals surface area contributed by atoms with Crippen molar-refractivity contribution >= 4 is 6.72 Å². The van der Waals surface area contributed by atoms with Gasteiger partial charge in [-0.2, -0.15) is 0 Å². The molecule has 0 radical (unpaired) electrons. The van der Waals surface area contributed by atoms with Crippen LogP contribution in [0.4, 0.5) is 0 Å². The van der Waals surface area contributed by atoms with Crippen molar-refractivity contribution in [3.05, 3.63) is 36.0 Å². The highest BCUT2D eigenvalue weighted by Crippen LogP contribution is 2.01.